The van der Waals surface area contributed by atoms with E-state index in [9.17, 15) is 15.0 Å². The zero-order chi connectivity index (χ0) is 23.3. The summed E-state index contributed by atoms with van der Waals surface area (Å²) in [5, 5.41) is 20.2. The first-order valence-corrected chi connectivity index (χ1v) is 10.6. The number of methoxy groups -OCH3 is 1. The highest BCUT2D eigenvalue weighted by Gasteiger charge is 2.23. The average Bonchev–Trinajstić information content (AvgIpc) is 2.77. The number of rotatable bonds is 9. The molecule has 2 N–H and O–H groups in total. The molecule has 0 aliphatic carbocycles. The van der Waals surface area contributed by atoms with E-state index in [1.54, 1.807) is 51.3 Å². The average molecular weight is 439 g/mol. The van der Waals surface area contributed by atoms with Crippen molar-refractivity contribution < 1.29 is 24.1 Å². The fourth-order valence-electron chi connectivity index (χ4n) is 3.27. The first-order chi connectivity index (χ1) is 15.2. The standard InChI is InChI=1S/C26H30O6/c1-17(5-12-24(27)26(2,3)29)13-14-31-20-10-11-21-23(15-20)32-16-22(25(21)28)18-6-8-19(30-4)9-7-18/h6-11,13,15-16,24,27,29H,5,12,14H2,1-4H3/b17-13+/t24-/m0/s1. The van der Waals surface area contributed by atoms with Gasteiger partial charge in [-0.1, -0.05) is 17.7 Å². The maximum Gasteiger partial charge on any atom is 0.200 e. The van der Waals surface area contributed by atoms with Crippen molar-refractivity contribution in [3.8, 4) is 22.6 Å². The quantitative estimate of drug-likeness (QED) is 0.471. The van der Waals surface area contributed by atoms with Gasteiger partial charge in [0.15, 0.2) is 5.43 Å². The monoisotopic (exact) mass is 438 g/mol. The summed E-state index contributed by atoms with van der Waals surface area (Å²) in [6.45, 7) is 5.50. The van der Waals surface area contributed by atoms with Gasteiger partial charge in [0.2, 0.25) is 0 Å². The van der Waals surface area contributed by atoms with Crippen molar-refractivity contribution in [3.05, 3.63) is 70.6 Å². The number of aliphatic hydroxyl groups is 2. The van der Waals surface area contributed by atoms with Gasteiger partial charge in [-0.3, -0.25) is 4.79 Å². The van der Waals surface area contributed by atoms with Crippen LogP contribution in [0.15, 0.2) is 69.6 Å². The van der Waals surface area contributed by atoms with Crippen LogP contribution in [0.3, 0.4) is 0 Å². The molecule has 0 unspecified atom stereocenters. The van der Waals surface area contributed by atoms with Crippen LogP contribution in [-0.2, 0) is 0 Å². The summed E-state index contributed by atoms with van der Waals surface area (Å²) in [5.74, 6) is 1.32. The first-order valence-electron chi connectivity index (χ1n) is 10.6. The lowest BCUT2D eigenvalue weighted by Gasteiger charge is -2.24. The Hall–Kier alpha value is -3.09. The summed E-state index contributed by atoms with van der Waals surface area (Å²) in [5.41, 5.74) is 1.55. The maximum absolute atomic E-state index is 12.9. The normalized spacial score (nSPS) is 13.2. The van der Waals surface area contributed by atoms with Crippen molar-refractivity contribution in [2.75, 3.05) is 13.7 Å². The van der Waals surface area contributed by atoms with Crippen molar-refractivity contribution in [2.45, 2.75) is 45.3 Å². The summed E-state index contributed by atoms with van der Waals surface area (Å²) in [7, 11) is 1.60. The fourth-order valence-corrected chi connectivity index (χ4v) is 3.27. The maximum atomic E-state index is 12.9. The summed E-state index contributed by atoms with van der Waals surface area (Å²) in [4.78, 5) is 12.9. The molecule has 1 atom stereocenters. The van der Waals surface area contributed by atoms with E-state index in [4.69, 9.17) is 13.9 Å². The summed E-state index contributed by atoms with van der Waals surface area (Å²) in [6, 6.07) is 12.4. The Balaban J connectivity index is 1.67. The topological polar surface area (TPSA) is 89.1 Å². The highest BCUT2D eigenvalue weighted by atomic mass is 16.5. The van der Waals surface area contributed by atoms with Gasteiger partial charge in [0.25, 0.3) is 0 Å². The van der Waals surface area contributed by atoms with Crippen molar-refractivity contribution in [2.24, 2.45) is 0 Å². The molecule has 6 nitrogen and oxygen atoms in total. The van der Waals surface area contributed by atoms with Crippen LogP contribution < -0.4 is 14.9 Å². The second-order valence-corrected chi connectivity index (χ2v) is 8.43. The minimum atomic E-state index is -1.11. The van der Waals surface area contributed by atoms with E-state index in [0.29, 0.717) is 41.7 Å². The van der Waals surface area contributed by atoms with Crippen LogP contribution in [-0.4, -0.2) is 35.6 Å². The molecule has 0 spiro atoms. The molecular weight excluding hydrogens is 408 g/mol. The van der Waals surface area contributed by atoms with Gasteiger partial charge in [-0.15, -0.1) is 0 Å². The van der Waals surface area contributed by atoms with Crippen molar-refractivity contribution in [1.29, 1.82) is 0 Å². The summed E-state index contributed by atoms with van der Waals surface area (Å²) in [6.07, 6.45) is 3.76. The lowest BCUT2D eigenvalue weighted by atomic mass is 9.96. The highest BCUT2D eigenvalue weighted by molar-refractivity contribution is 5.82. The molecule has 0 amide bonds. The second-order valence-electron chi connectivity index (χ2n) is 8.43. The Morgan fingerprint density at radius 2 is 1.84 bits per heavy atom. The molecule has 0 bridgehead atoms. The lowest BCUT2D eigenvalue weighted by molar-refractivity contribution is -0.0509. The molecule has 2 aromatic carbocycles. The third-order valence-corrected chi connectivity index (χ3v) is 5.46. The third kappa shape index (κ3) is 5.78. The van der Waals surface area contributed by atoms with Gasteiger partial charge >= 0.3 is 0 Å². The first kappa shape index (κ1) is 23.6. The van der Waals surface area contributed by atoms with E-state index in [1.807, 2.05) is 25.1 Å². The van der Waals surface area contributed by atoms with Crippen LogP contribution >= 0.6 is 0 Å². The Morgan fingerprint density at radius 3 is 2.50 bits per heavy atom. The number of ether oxygens (including phenoxy) is 2. The molecule has 1 aromatic heterocycles. The smallest absolute Gasteiger partial charge is 0.200 e. The van der Waals surface area contributed by atoms with Gasteiger partial charge in [0.05, 0.1) is 29.8 Å². The van der Waals surface area contributed by atoms with E-state index >= 15 is 0 Å². The van der Waals surface area contributed by atoms with E-state index in [1.165, 1.54) is 6.26 Å². The molecular formula is C26H30O6. The van der Waals surface area contributed by atoms with Crippen LogP contribution in [0.1, 0.15) is 33.6 Å². The Kier molecular flexibility index (Phi) is 7.38. The molecule has 6 heteroatoms. The molecule has 0 radical (unpaired) electrons. The van der Waals surface area contributed by atoms with Gasteiger partial charge in [-0.25, -0.2) is 0 Å². The number of aliphatic hydroxyl groups excluding tert-OH is 1. The SMILES string of the molecule is COc1ccc(-c2coc3cc(OC/C=C(\C)CC[C@H](O)C(C)(C)O)ccc3c2=O)cc1. The third-order valence-electron chi connectivity index (χ3n) is 5.46. The Labute approximate surface area is 187 Å². The lowest BCUT2D eigenvalue weighted by Crippen LogP contribution is -2.35. The van der Waals surface area contributed by atoms with E-state index in [0.717, 1.165) is 16.9 Å². The second kappa shape index (κ2) is 10.0. The fraction of sp³-hybridized carbons (Fsp3) is 0.346. The van der Waals surface area contributed by atoms with Crippen molar-refractivity contribution in [1.82, 2.24) is 0 Å². The molecule has 0 saturated carbocycles. The number of benzene rings is 2. The predicted molar refractivity (Wildman–Crippen MR) is 125 cm³/mol. The van der Waals surface area contributed by atoms with Gasteiger partial charge in [0.1, 0.15) is 30.0 Å². The van der Waals surface area contributed by atoms with Crippen LogP contribution in [0.2, 0.25) is 0 Å². The van der Waals surface area contributed by atoms with Gasteiger partial charge in [-0.2, -0.15) is 0 Å². The Morgan fingerprint density at radius 1 is 1.16 bits per heavy atom. The molecule has 3 rings (SSSR count). The molecule has 0 fully saturated rings. The summed E-state index contributed by atoms with van der Waals surface area (Å²) >= 11 is 0. The van der Waals surface area contributed by atoms with Gasteiger partial charge in [-0.05, 0) is 69.5 Å². The molecule has 0 aliphatic rings. The molecule has 3 aromatic rings. The van der Waals surface area contributed by atoms with Crippen LogP contribution in [0, 0.1) is 0 Å². The van der Waals surface area contributed by atoms with Gasteiger partial charge < -0.3 is 24.1 Å². The number of allylic oxidation sites excluding steroid dienone is 1. The van der Waals surface area contributed by atoms with E-state index < -0.39 is 11.7 Å². The largest absolute Gasteiger partial charge is 0.497 e. The van der Waals surface area contributed by atoms with Crippen LogP contribution in [0.4, 0.5) is 0 Å². The number of fused-ring (bicyclic) bond motifs is 1. The van der Waals surface area contributed by atoms with Crippen LogP contribution in [0.5, 0.6) is 11.5 Å². The molecule has 170 valence electrons. The minimum absolute atomic E-state index is 0.107. The van der Waals surface area contributed by atoms with Crippen LogP contribution in [0.25, 0.3) is 22.1 Å². The number of hydrogen-bond donors (Lipinski definition) is 2. The van der Waals surface area contributed by atoms with Crippen molar-refractivity contribution in [3.63, 3.8) is 0 Å². The zero-order valence-electron chi connectivity index (χ0n) is 18.9. The minimum Gasteiger partial charge on any atom is -0.497 e. The summed E-state index contributed by atoms with van der Waals surface area (Å²) < 4.78 is 16.7. The predicted octanol–water partition coefficient (Wildman–Crippen LogP) is 4.71. The molecule has 0 saturated heterocycles. The van der Waals surface area contributed by atoms with Gasteiger partial charge in [0, 0.05) is 6.07 Å². The zero-order valence-corrected chi connectivity index (χ0v) is 18.9. The molecule has 0 aliphatic heterocycles. The Bertz CT molecular complexity index is 1140. The molecule has 32 heavy (non-hydrogen) atoms. The highest BCUT2D eigenvalue weighted by Crippen LogP contribution is 2.25. The molecule has 1 heterocycles. The van der Waals surface area contributed by atoms with Crippen molar-refractivity contribution >= 4 is 11.0 Å². The van der Waals surface area contributed by atoms with E-state index in [2.05, 4.69) is 0 Å². The van der Waals surface area contributed by atoms with E-state index in [-0.39, 0.29) is 5.43 Å². The number of hydrogen-bond acceptors (Lipinski definition) is 6.